The van der Waals surface area contributed by atoms with Gasteiger partial charge in [0.2, 0.25) is 0 Å². The number of hydrogen-bond donors (Lipinski definition) is 3. The molecule has 2 atom stereocenters. The van der Waals surface area contributed by atoms with Crippen LogP contribution in [-0.2, 0) is 13.0 Å². The summed E-state index contributed by atoms with van der Waals surface area (Å²) in [5.41, 5.74) is 7.27. The first-order chi connectivity index (χ1) is 16.0. The first-order valence-corrected chi connectivity index (χ1v) is 10.9. The van der Waals surface area contributed by atoms with Crippen molar-refractivity contribution < 1.29 is 5.11 Å². The second kappa shape index (κ2) is 8.61. The van der Waals surface area contributed by atoms with Crippen LogP contribution >= 0.6 is 0 Å². The van der Waals surface area contributed by atoms with Gasteiger partial charge in [0.05, 0.1) is 41.5 Å². The van der Waals surface area contributed by atoms with Gasteiger partial charge in [0.1, 0.15) is 5.82 Å². The number of aryl methyl sites for hydroxylation is 1. The molecule has 33 heavy (non-hydrogen) atoms. The van der Waals surface area contributed by atoms with Crippen LogP contribution in [0.5, 0.6) is 0 Å². The van der Waals surface area contributed by atoms with Crippen LogP contribution in [0.25, 0.3) is 17.0 Å². The minimum atomic E-state index is -0.461. The van der Waals surface area contributed by atoms with Crippen molar-refractivity contribution in [1.29, 1.82) is 0 Å². The van der Waals surface area contributed by atoms with Crippen molar-refractivity contribution in [1.82, 2.24) is 25.3 Å². The molecule has 0 saturated heterocycles. The number of H-pyrrole nitrogens is 1. The summed E-state index contributed by atoms with van der Waals surface area (Å²) in [6.07, 6.45) is 5.90. The third-order valence-electron chi connectivity index (χ3n) is 6.03. The molecule has 5 rings (SSSR count). The van der Waals surface area contributed by atoms with Crippen molar-refractivity contribution in [3.05, 3.63) is 101 Å². The number of aromatic nitrogens is 3. The standard InChI is InChI=1S/C26H26N6O/c1-16-7-6-10-21(29-16)26-24(19-12-11-17(2)32(15-19)27-3)30-23(31-26)14-28-25-20-9-5-4-8-18(20)13-22(25)33/h4-12,15,22,25,28,33H,2-3,13-14H2,1H3,(H,30,31). The molecule has 7 heteroatoms. The average Bonchev–Trinajstić information content (AvgIpc) is 3.38. The summed E-state index contributed by atoms with van der Waals surface area (Å²) in [6, 6.07) is 13.9. The van der Waals surface area contributed by atoms with Gasteiger partial charge in [-0.2, -0.15) is 5.10 Å². The molecule has 0 bridgehead atoms. The first kappa shape index (κ1) is 21.1. The van der Waals surface area contributed by atoms with Gasteiger partial charge in [0.15, 0.2) is 0 Å². The molecule has 2 aliphatic rings. The van der Waals surface area contributed by atoms with Crippen LogP contribution in [0.4, 0.5) is 0 Å². The molecule has 1 aliphatic carbocycles. The molecule has 3 aromatic rings. The highest BCUT2D eigenvalue weighted by molar-refractivity contribution is 5.82. The lowest BCUT2D eigenvalue weighted by atomic mass is 10.1. The highest BCUT2D eigenvalue weighted by Crippen LogP contribution is 2.33. The molecule has 1 aromatic carbocycles. The zero-order valence-corrected chi connectivity index (χ0v) is 18.5. The number of hydrazone groups is 1. The van der Waals surface area contributed by atoms with E-state index in [-0.39, 0.29) is 6.04 Å². The maximum absolute atomic E-state index is 10.6. The van der Waals surface area contributed by atoms with Crippen LogP contribution in [0.1, 0.15) is 34.4 Å². The number of aliphatic hydroxyl groups is 1. The molecule has 166 valence electrons. The van der Waals surface area contributed by atoms with Crippen molar-refractivity contribution >= 4 is 12.3 Å². The highest BCUT2D eigenvalue weighted by atomic mass is 16.3. The van der Waals surface area contributed by atoms with E-state index in [0.717, 1.165) is 45.4 Å². The second-order valence-electron chi connectivity index (χ2n) is 8.30. The number of aliphatic hydroxyl groups excluding tert-OH is 1. The van der Waals surface area contributed by atoms with E-state index >= 15 is 0 Å². The first-order valence-electron chi connectivity index (χ1n) is 10.9. The van der Waals surface area contributed by atoms with Gasteiger partial charge in [-0.05, 0) is 42.3 Å². The lowest BCUT2D eigenvalue weighted by Gasteiger charge is -2.19. The van der Waals surface area contributed by atoms with E-state index in [0.29, 0.717) is 13.0 Å². The van der Waals surface area contributed by atoms with Gasteiger partial charge in [-0.25, -0.2) is 9.99 Å². The number of rotatable bonds is 6. The average molecular weight is 439 g/mol. The Labute approximate surface area is 192 Å². The number of nitrogens with one attached hydrogen (secondary N) is 2. The molecule has 3 N–H and O–H groups in total. The number of imidazole rings is 1. The number of fused-ring (bicyclic) bond motifs is 1. The van der Waals surface area contributed by atoms with Crippen LogP contribution in [0.3, 0.4) is 0 Å². The molecule has 2 aromatic heterocycles. The van der Waals surface area contributed by atoms with E-state index < -0.39 is 6.10 Å². The quantitative estimate of drug-likeness (QED) is 0.509. The minimum Gasteiger partial charge on any atom is -0.391 e. The Kier molecular flexibility index (Phi) is 5.50. The Morgan fingerprint density at radius 1 is 1.18 bits per heavy atom. The van der Waals surface area contributed by atoms with E-state index in [1.165, 1.54) is 5.56 Å². The number of allylic oxidation sites excluding steroid dienone is 3. The Morgan fingerprint density at radius 3 is 2.85 bits per heavy atom. The van der Waals surface area contributed by atoms with Crippen molar-refractivity contribution in [2.75, 3.05) is 0 Å². The van der Waals surface area contributed by atoms with E-state index in [1.807, 2.05) is 55.6 Å². The predicted octanol–water partition coefficient (Wildman–Crippen LogP) is 3.87. The van der Waals surface area contributed by atoms with Gasteiger partial charge in [-0.3, -0.25) is 4.98 Å². The normalized spacial score (nSPS) is 19.5. The van der Waals surface area contributed by atoms with Crippen molar-refractivity contribution in [2.45, 2.75) is 32.0 Å². The summed E-state index contributed by atoms with van der Waals surface area (Å²) in [4.78, 5) is 13.0. The van der Waals surface area contributed by atoms with Gasteiger partial charge < -0.3 is 15.4 Å². The largest absolute Gasteiger partial charge is 0.391 e. The van der Waals surface area contributed by atoms with Gasteiger partial charge in [0, 0.05) is 30.6 Å². The number of benzene rings is 1. The second-order valence-corrected chi connectivity index (χ2v) is 8.30. The zero-order chi connectivity index (χ0) is 22.9. The van der Waals surface area contributed by atoms with Crippen molar-refractivity contribution in [2.24, 2.45) is 5.10 Å². The fraction of sp³-hybridized carbons (Fsp3) is 0.192. The lowest BCUT2D eigenvalue weighted by molar-refractivity contribution is 0.140. The number of hydrogen-bond acceptors (Lipinski definition) is 6. The third kappa shape index (κ3) is 4.04. The van der Waals surface area contributed by atoms with Gasteiger partial charge in [-0.1, -0.05) is 36.9 Å². The molecular weight excluding hydrogens is 412 g/mol. The van der Waals surface area contributed by atoms with Crippen LogP contribution in [-0.4, -0.2) is 37.9 Å². The van der Waals surface area contributed by atoms with Gasteiger partial charge in [-0.15, -0.1) is 0 Å². The van der Waals surface area contributed by atoms with E-state index in [4.69, 9.17) is 9.97 Å². The van der Waals surface area contributed by atoms with Crippen LogP contribution in [0.15, 0.2) is 78.2 Å². The summed E-state index contributed by atoms with van der Waals surface area (Å²) in [6.45, 7) is 10.0. The smallest absolute Gasteiger partial charge is 0.121 e. The summed E-state index contributed by atoms with van der Waals surface area (Å²) in [7, 11) is 0. The molecular formula is C26H26N6O. The Balaban J connectivity index is 1.48. The summed E-state index contributed by atoms with van der Waals surface area (Å²) >= 11 is 0. The van der Waals surface area contributed by atoms with Crippen molar-refractivity contribution in [3.63, 3.8) is 0 Å². The summed E-state index contributed by atoms with van der Waals surface area (Å²) in [5, 5.41) is 19.7. The molecule has 3 heterocycles. The highest BCUT2D eigenvalue weighted by Gasteiger charge is 2.30. The predicted molar refractivity (Wildman–Crippen MR) is 130 cm³/mol. The molecule has 2 unspecified atom stereocenters. The topological polar surface area (TPSA) is 89.4 Å². The van der Waals surface area contributed by atoms with Crippen molar-refractivity contribution in [3.8, 4) is 11.4 Å². The summed E-state index contributed by atoms with van der Waals surface area (Å²) < 4.78 is 0. The van der Waals surface area contributed by atoms with Crippen LogP contribution < -0.4 is 5.32 Å². The zero-order valence-electron chi connectivity index (χ0n) is 18.5. The molecule has 7 nitrogen and oxygen atoms in total. The molecule has 0 spiro atoms. The molecule has 0 amide bonds. The minimum absolute atomic E-state index is 0.132. The lowest BCUT2D eigenvalue weighted by Crippen LogP contribution is -2.28. The fourth-order valence-electron chi connectivity index (χ4n) is 4.40. The third-order valence-corrected chi connectivity index (χ3v) is 6.03. The number of nitrogens with zero attached hydrogens (tertiary/aromatic N) is 4. The van der Waals surface area contributed by atoms with E-state index in [2.05, 4.69) is 40.8 Å². The molecule has 0 fully saturated rings. The van der Waals surface area contributed by atoms with Crippen LogP contribution in [0.2, 0.25) is 0 Å². The van der Waals surface area contributed by atoms with Crippen LogP contribution in [0, 0.1) is 6.92 Å². The fourth-order valence-corrected chi connectivity index (χ4v) is 4.40. The monoisotopic (exact) mass is 438 g/mol. The number of pyridine rings is 1. The van der Waals surface area contributed by atoms with E-state index in [1.54, 1.807) is 5.01 Å². The maximum atomic E-state index is 10.6. The number of aromatic amines is 1. The Hall–Kier alpha value is -3.81. The van der Waals surface area contributed by atoms with Gasteiger partial charge >= 0.3 is 0 Å². The molecule has 0 radical (unpaired) electrons. The Bertz CT molecular complexity index is 1290. The summed E-state index contributed by atoms with van der Waals surface area (Å²) in [5.74, 6) is 0.761. The molecule has 1 aliphatic heterocycles. The Morgan fingerprint density at radius 2 is 2.03 bits per heavy atom. The van der Waals surface area contributed by atoms with E-state index in [9.17, 15) is 5.11 Å². The maximum Gasteiger partial charge on any atom is 0.121 e. The van der Waals surface area contributed by atoms with Gasteiger partial charge in [0.25, 0.3) is 0 Å². The molecule has 0 saturated carbocycles. The SMILES string of the molecule is C=NN1C=C(c2nc(CNC3c4ccccc4CC3O)[nH]c2-c2cccc(C)n2)C=CC1=C.